The van der Waals surface area contributed by atoms with E-state index in [4.69, 9.17) is 4.42 Å². The Morgan fingerprint density at radius 2 is 1.22 bits per heavy atom. The molecule has 0 aliphatic carbocycles. The normalized spacial score (nSPS) is 14.3. The Kier molecular flexibility index (Phi) is 6.12. The van der Waals surface area contributed by atoms with Gasteiger partial charge in [-0.25, -0.2) is 0 Å². The van der Waals surface area contributed by atoms with Crippen molar-refractivity contribution in [3.63, 3.8) is 0 Å². The third-order valence-electron chi connectivity index (χ3n) is 13.2. The molecule has 0 unspecified atom stereocenters. The fourth-order valence-electron chi connectivity index (χ4n) is 10.4. The molecule has 0 spiro atoms. The Bertz CT molecular complexity index is 3460. The van der Waals surface area contributed by atoms with Crippen LogP contribution in [0.3, 0.4) is 0 Å². The number of benzene rings is 7. The highest BCUT2D eigenvalue weighted by molar-refractivity contribution is 7.33. The Balaban J connectivity index is 1.19. The van der Waals surface area contributed by atoms with Crippen molar-refractivity contribution >= 4 is 122 Å². The van der Waals surface area contributed by atoms with E-state index in [-0.39, 0.29) is 17.5 Å². The lowest BCUT2D eigenvalue weighted by molar-refractivity contribution is 0.590. The van der Waals surface area contributed by atoms with Crippen molar-refractivity contribution in [2.75, 3.05) is 9.80 Å². The number of anilines is 6. The van der Waals surface area contributed by atoms with Crippen molar-refractivity contribution in [2.45, 2.75) is 52.4 Å². The summed E-state index contributed by atoms with van der Waals surface area (Å²) >= 11 is 1.96. The zero-order valence-corrected chi connectivity index (χ0v) is 34.3. The molecule has 0 atom stereocenters. The molecular weight excluding hydrogens is 725 g/mol. The van der Waals surface area contributed by atoms with Gasteiger partial charge in [-0.15, -0.1) is 11.3 Å². The van der Waals surface area contributed by atoms with Gasteiger partial charge in [0, 0.05) is 59.5 Å². The van der Waals surface area contributed by atoms with Gasteiger partial charge in [-0.2, -0.15) is 0 Å². The molecule has 3 aliphatic rings. The molecule has 13 rings (SSSR count). The van der Waals surface area contributed by atoms with Crippen LogP contribution in [0.5, 0.6) is 0 Å². The third kappa shape index (κ3) is 4.11. The van der Waals surface area contributed by atoms with Crippen molar-refractivity contribution in [2.24, 2.45) is 0 Å². The van der Waals surface area contributed by atoms with E-state index in [1.165, 1.54) is 92.8 Å². The predicted molar refractivity (Wildman–Crippen MR) is 248 cm³/mol. The van der Waals surface area contributed by atoms with Crippen molar-refractivity contribution < 1.29 is 4.42 Å². The molecule has 10 aromatic rings. The van der Waals surface area contributed by atoms with E-state index >= 15 is 0 Å². The van der Waals surface area contributed by atoms with Crippen LogP contribution in [0.4, 0.5) is 34.1 Å². The van der Waals surface area contributed by atoms with Gasteiger partial charge in [-0.3, -0.25) is 0 Å². The fourth-order valence-corrected chi connectivity index (χ4v) is 11.7. The summed E-state index contributed by atoms with van der Waals surface area (Å²) < 4.78 is 11.8. The monoisotopic (exact) mass is 765 g/mol. The molecule has 0 N–H and O–H groups in total. The minimum atomic E-state index is -0.109. The summed E-state index contributed by atoms with van der Waals surface area (Å²) in [6.45, 7) is 14.1. The lowest BCUT2D eigenvalue weighted by Gasteiger charge is -2.46. The number of hydrogen-bond donors (Lipinski definition) is 0. The van der Waals surface area contributed by atoms with Gasteiger partial charge in [0.2, 0.25) is 0 Å². The van der Waals surface area contributed by atoms with Gasteiger partial charge in [-0.1, -0.05) is 108 Å². The summed E-state index contributed by atoms with van der Waals surface area (Å²) in [7, 11) is 0. The second-order valence-corrected chi connectivity index (χ2v) is 19.7. The van der Waals surface area contributed by atoms with Crippen molar-refractivity contribution in [1.82, 2.24) is 4.57 Å². The molecule has 58 heavy (non-hydrogen) atoms. The van der Waals surface area contributed by atoms with Gasteiger partial charge in [-0.05, 0) is 93.5 Å². The number of para-hydroxylation sites is 4. The van der Waals surface area contributed by atoms with Crippen molar-refractivity contribution in [3.8, 4) is 5.69 Å². The molecule has 6 heterocycles. The summed E-state index contributed by atoms with van der Waals surface area (Å²) in [4.78, 5) is 5.21. The second kappa shape index (κ2) is 10.8. The first-order valence-electron chi connectivity index (χ1n) is 20.5. The van der Waals surface area contributed by atoms with Crippen LogP contribution < -0.4 is 25.5 Å². The summed E-state index contributed by atoms with van der Waals surface area (Å²) in [6.07, 6.45) is 0. The topological polar surface area (TPSA) is 24.6 Å². The van der Waals surface area contributed by atoms with Crippen LogP contribution in [0.25, 0.3) is 59.5 Å². The fraction of sp³-hybridized carbons (Fsp3) is 0.154. The lowest BCUT2D eigenvalue weighted by Crippen LogP contribution is -2.61. The highest BCUT2D eigenvalue weighted by atomic mass is 32.1. The van der Waals surface area contributed by atoms with Crippen molar-refractivity contribution in [1.29, 1.82) is 0 Å². The van der Waals surface area contributed by atoms with Crippen LogP contribution in [0, 0.1) is 0 Å². The Morgan fingerprint density at radius 3 is 2.05 bits per heavy atom. The van der Waals surface area contributed by atoms with Gasteiger partial charge in [0.15, 0.2) is 0 Å². The smallest absolute Gasteiger partial charge is 0.264 e. The number of aromatic nitrogens is 1. The molecule has 0 fully saturated rings. The maximum absolute atomic E-state index is 6.61. The van der Waals surface area contributed by atoms with E-state index in [0.717, 1.165) is 27.6 Å². The molecular formula is C52H40BN3OS. The molecule has 0 bridgehead atoms. The van der Waals surface area contributed by atoms with Crippen LogP contribution in [-0.4, -0.2) is 11.3 Å². The van der Waals surface area contributed by atoms with E-state index in [1.807, 2.05) is 11.3 Å². The van der Waals surface area contributed by atoms with Gasteiger partial charge < -0.3 is 18.8 Å². The SMILES string of the molecule is CC(C)(C)c1cc2c3c(c1)N1c4c(cccc4-n4c5ccccc5c5cccc1c54)B3c1sc3ccc(C(C)(C)C)cc3c1N2c1ccc2c(c1)oc1ccccc12. The largest absolute Gasteiger partial charge is 0.456 e. The Hall–Kier alpha value is -6.24. The van der Waals surface area contributed by atoms with E-state index < -0.39 is 0 Å². The van der Waals surface area contributed by atoms with Crippen LogP contribution in [0.1, 0.15) is 52.7 Å². The molecule has 3 aliphatic heterocycles. The molecule has 4 nitrogen and oxygen atoms in total. The Labute approximate surface area is 341 Å². The van der Waals surface area contributed by atoms with Gasteiger partial charge in [0.1, 0.15) is 11.2 Å². The molecule has 7 aromatic carbocycles. The number of hydrogen-bond acceptors (Lipinski definition) is 4. The number of fused-ring (bicyclic) bond motifs is 14. The molecule has 278 valence electrons. The van der Waals surface area contributed by atoms with Gasteiger partial charge in [0.25, 0.3) is 6.71 Å². The van der Waals surface area contributed by atoms with Crippen LogP contribution in [-0.2, 0) is 10.8 Å². The van der Waals surface area contributed by atoms with Gasteiger partial charge in [0.05, 0.1) is 33.8 Å². The quantitative estimate of drug-likeness (QED) is 0.156. The highest BCUT2D eigenvalue weighted by Gasteiger charge is 2.48. The molecule has 0 radical (unpaired) electrons. The summed E-state index contributed by atoms with van der Waals surface area (Å²) in [6, 6.07) is 50.3. The first kappa shape index (κ1) is 32.8. The van der Waals surface area contributed by atoms with E-state index in [1.54, 1.807) is 0 Å². The zero-order chi connectivity index (χ0) is 39.0. The molecule has 0 amide bonds. The number of rotatable bonds is 1. The number of nitrogens with zero attached hydrogens (tertiary/aromatic N) is 3. The average molecular weight is 766 g/mol. The van der Waals surface area contributed by atoms with E-state index in [9.17, 15) is 0 Å². The van der Waals surface area contributed by atoms with Crippen LogP contribution in [0.15, 0.2) is 138 Å². The van der Waals surface area contributed by atoms with E-state index in [2.05, 4.69) is 189 Å². The molecule has 3 aromatic heterocycles. The minimum absolute atomic E-state index is 0.00226. The number of furan rings is 1. The minimum Gasteiger partial charge on any atom is -0.456 e. The van der Waals surface area contributed by atoms with Crippen molar-refractivity contribution in [3.05, 3.63) is 145 Å². The van der Waals surface area contributed by atoms with E-state index in [0.29, 0.717) is 0 Å². The maximum Gasteiger partial charge on any atom is 0.264 e. The predicted octanol–water partition coefficient (Wildman–Crippen LogP) is 12.9. The lowest BCUT2D eigenvalue weighted by atomic mass is 9.36. The third-order valence-corrected chi connectivity index (χ3v) is 14.4. The summed E-state index contributed by atoms with van der Waals surface area (Å²) in [5.74, 6) is 0. The first-order valence-corrected chi connectivity index (χ1v) is 21.3. The first-order chi connectivity index (χ1) is 28.0. The molecule has 0 saturated heterocycles. The Morgan fingerprint density at radius 1 is 0.517 bits per heavy atom. The zero-order valence-electron chi connectivity index (χ0n) is 33.4. The second-order valence-electron chi connectivity index (χ2n) is 18.6. The summed E-state index contributed by atoms with van der Waals surface area (Å²) in [5, 5.41) is 6.17. The van der Waals surface area contributed by atoms with Crippen LogP contribution >= 0.6 is 11.3 Å². The highest BCUT2D eigenvalue weighted by Crippen LogP contribution is 2.54. The molecule has 0 saturated carbocycles. The standard InChI is InChI=1S/C52H40BN3OS/c1-51(2,3)29-21-24-45-36(25-29)48-50(58-45)53-37-16-12-19-40-49(37)56(39-18-11-15-35-32-13-7-9-17-38(32)55(40)47(35)39)42-27-30(52(4,5)6)26-41(46(42)53)54(48)31-22-23-34-33-14-8-10-20-43(33)57-44(34)28-31/h7-28H,1-6H3. The maximum atomic E-state index is 6.61. The average Bonchev–Trinajstić information content (AvgIpc) is 3.89. The van der Waals surface area contributed by atoms with Gasteiger partial charge >= 0.3 is 0 Å². The van der Waals surface area contributed by atoms with Crippen LogP contribution in [0.2, 0.25) is 0 Å². The number of thiophene rings is 1. The summed E-state index contributed by atoms with van der Waals surface area (Å²) in [5.41, 5.74) is 18.3. The molecule has 6 heteroatoms.